The minimum absolute atomic E-state index is 0.0407. The summed E-state index contributed by atoms with van der Waals surface area (Å²) in [5.74, 6) is -39.3. The Balaban J connectivity index is 3.31. The Hall–Kier alpha value is -0.890. The average Bonchev–Trinajstić information content (AvgIpc) is 2.94. The number of nitrogens with zero attached hydrogens (tertiary/aromatic N) is 2. The van der Waals surface area contributed by atoms with Gasteiger partial charge >= 0.3 is 35.8 Å². The minimum atomic E-state index is -7.89. The highest BCUT2D eigenvalue weighted by Crippen LogP contribution is 2.61. The van der Waals surface area contributed by atoms with Crippen LogP contribution >= 0.6 is 22.6 Å². The maximum Gasteiger partial charge on any atom is 0.460 e. The second-order valence-electron chi connectivity index (χ2n) is 6.38. The van der Waals surface area contributed by atoms with Crippen LogP contribution in [-0.2, 0) is 0 Å². The summed E-state index contributed by atoms with van der Waals surface area (Å²) in [4.78, 5) is 0.798. The predicted molar refractivity (Wildman–Crippen MR) is 78.5 cm³/mol. The van der Waals surface area contributed by atoms with E-state index >= 15 is 0 Å². The molecule has 0 amide bonds. The zero-order valence-electron chi connectivity index (χ0n) is 13.7. The number of alkyl halides is 14. The average molecular weight is 568 g/mol. The van der Waals surface area contributed by atoms with Gasteiger partial charge in [-0.15, -0.1) is 0 Å². The molecule has 0 unspecified atom stereocenters. The van der Waals surface area contributed by atoms with Crippen LogP contribution in [0.3, 0.4) is 0 Å². The highest BCUT2D eigenvalue weighted by atomic mass is 127. The van der Waals surface area contributed by atoms with Crippen LogP contribution in [0.1, 0.15) is 6.42 Å². The lowest BCUT2D eigenvalue weighted by Gasteiger charge is -2.40. The van der Waals surface area contributed by atoms with E-state index in [2.05, 4.69) is 0 Å². The van der Waals surface area contributed by atoms with E-state index in [1.807, 2.05) is 0 Å². The van der Waals surface area contributed by atoms with Crippen LogP contribution in [0, 0.1) is 23.3 Å². The molecule has 1 heterocycles. The van der Waals surface area contributed by atoms with Crippen molar-refractivity contribution >= 4 is 22.6 Å². The second-order valence-corrected chi connectivity index (χ2v) is 7.26. The SMILES string of the molecule is N#CN1C[C@@H](CI)[C@H](CC(F)(F)C(F)(F)C(F)(F)C(F)(F)C(F)(F)C(F)(F)F)C1. The highest BCUT2D eigenvalue weighted by Gasteiger charge is 2.90. The molecule has 1 fully saturated rings. The van der Waals surface area contributed by atoms with Gasteiger partial charge in [0, 0.05) is 23.9 Å². The van der Waals surface area contributed by atoms with Crippen molar-refractivity contribution in [3.05, 3.63) is 0 Å². The number of hydrogen-bond donors (Lipinski definition) is 0. The lowest BCUT2D eigenvalue weighted by Crippen LogP contribution is -2.70. The molecule has 1 aliphatic rings. The van der Waals surface area contributed by atoms with E-state index in [1.165, 1.54) is 6.19 Å². The zero-order chi connectivity index (χ0) is 23.3. The Morgan fingerprint density at radius 3 is 1.52 bits per heavy atom. The van der Waals surface area contributed by atoms with E-state index in [4.69, 9.17) is 5.26 Å². The summed E-state index contributed by atoms with van der Waals surface area (Å²) in [5, 5.41) is 8.69. The minimum Gasteiger partial charge on any atom is -0.310 e. The molecule has 0 bridgehead atoms. The van der Waals surface area contributed by atoms with Gasteiger partial charge in [0.25, 0.3) is 0 Å². The molecule has 170 valence electrons. The number of likely N-dealkylation sites (tertiary alicyclic amines) is 1. The van der Waals surface area contributed by atoms with E-state index in [0.717, 1.165) is 4.90 Å². The third kappa shape index (κ3) is 4.03. The van der Waals surface area contributed by atoms with Crippen molar-refractivity contribution < 1.29 is 57.1 Å². The van der Waals surface area contributed by atoms with Crippen LogP contribution in [0.25, 0.3) is 0 Å². The smallest absolute Gasteiger partial charge is 0.310 e. The molecule has 0 radical (unpaired) electrons. The molecule has 0 aromatic carbocycles. The molecular weight excluding hydrogens is 558 g/mol. The summed E-state index contributed by atoms with van der Waals surface area (Å²) < 4.78 is 170. The van der Waals surface area contributed by atoms with E-state index < -0.39 is 60.6 Å². The van der Waals surface area contributed by atoms with Gasteiger partial charge in [0.1, 0.15) is 0 Å². The topological polar surface area (TPSA) is 27.0 Å². The van der Waals surface area contributed by atoms with E-state index in [1.54, 1.807) is 22.6 Å². The molecule has 29 heavy (non-hydrogen) atoms. The molecule has 1 aliphatic heterocycles. The molecule has 0 aliphatic carbocycles. The van der Waals surface area contributed by atoms with Gasteiger partial charge < -0.3 is 4.90 Å². The highest BCUT2D eigenvalue weighted by molar-refractivity contribution is 14.1. The first-order chi connectivity index (χ1) is 12.7. The van der Waals surface area contributed by atoms with Gasteiger partial charge in [-0.2, -0.15) is 62.3 Å². The fraction of sp³-hybridized carbons (Fsp3) is 0.923. The molecule has 0 saturated carbocycles. The van der Waals surface area contributed by atoms with E-state index in [-0.39, 0.29) is 11.0 Å². The van der Waals surface area contributed by atoms with Crippen molar-refractivity contribution in [2.45, 2.75) is 42.2 Å². The van der Waals surface area contributed by atoms with Crippen molar-refractivity contribution in [2.24, 2.45) is 11.8 Å². The van der Waals surface area contributed by atoms with Gasteiger partial charge in [-0.05, 0) is 11.8 Å². The van der Waals surface area contributed by atoms with Crippen LogP contribution in [0.5, 0.6) is 0 Å². The molecule has 0 aromatic rings. The van der Waals surface area contributed by atoms with Gasteiger partial charge in [-0.1, -0.05) is 22.6 Å². The Labute approximate surface area is 168 Å². The fourth-order valence-corrected chi connectivity index (χ4v) is 3.68. The predicted octanol–water partition coefficient (Wildman–Crippen LogP) is 5.58. The molecule has 0 N–H and O–H groups in total. The first-order valence-electron chi connectivity index (χ1n) is 7.37. The molecule has 1 rings (SSSR count). The maximum absolute atomic E-state index is 13.9. The van der Waals surface area contributed by atoms with Gasteiger partial charge in [-0.25, -0.2) is 0 Å². The Kier molecular flexibility index (Phi) is 6.91. The largest absolute Gasteiger partial charge is 0.460 e. The number of hydrogen-bond acceptors (Lipinski definition) is 2. The summed E-state index contributed by atoms with van der Waals surface area (Å²) >= 11 is 1.59. The van der Waals surface area contributed by atoms with Crippen molar-refractivity contribution in [2.75, 3.05) is 17.5 Å². The first-order valence-corrected chi connectivity index (χ1v) is 8.90. The third-order valence-corrected chi connectivity index (χ3v) is 5.56. The zero-order valence-corrected chi connectivity index (χ0v) is 15.8. The second kappa shape index (κ2) is 7.66. The van der Waals surface area contributed by atoms with Crippen LogP contribution in [0.2, 0.25) is 0 Å². The van der Waals surface area contributed by atoms with Gasteiger partial charge in [0.15, 0.2) is 6.19 Å². The maximum atomic E-state index is 13.9. The summed E-state index contributed by atoms with van der Waals surface area (Å²) in [7, 11) is 0. The Morgan fingerprint density at radius 1 is 0.724 bits per heavy atom. The number of nitriles is 1. The van der Waals surface area contributed by atoms with Crippen LogP contribution in [0.4, 0.5) is 57.1 Å². The Morgan fingerprint density at radius 2 is 1.14 bits per heavy atom. The summed E-state index contributed by atoms with van der Waals surface area (Å²) in [6.07, 6.45) is -8.18. The molecule has 2 atom stereocenters. The summed E-state index contributed by atoms with van der Waals surface area (Å²) in [6, 6.07) is 0. The fourth-order valence-electron chi connectivity index (χ4n) is 2.69. The van der Waals surface area contributed by atoms with Gasteiger partial charge in [-0.3, -0.25) is 0 Å². The van der Waals surface area contributed by atoms with E-state index in [0.29, 0.717) is 0 Å². The first kappa shape index (κ1) is 26.1. The van der Waals surface area contributed by atoms with Crippen molar-refractivity contribution in [3.63, 3.8) is 0 Å². The molecule has 16 heteroatoms. The molecular formula is C13H10F13IN2. The normalized spacial score (nSPS) is 22.7. The lowest BCUT2D eigenvalue weighted by atomic mass is 9.85. The lowest BCUT2D eigenvalue weighted by molar-refractivity contribution is -0.440. The quantitative estimate of drug-likeness (QED) is 0.174. The van der Waals surface area contributed by atoms with Crippen LogP contribution < -0.4 is 0 Å². The molecule has 0 spiro atoms. The standard InChI is InChI=1S/C13H10F13IN2/c14-8(15,1-6-3-29(5-28)4-7(6)2-27)9(16,17)10(18,19)11(20,21)12(22,23)13(24,25)26/h6-7H,1-4H2/t6-,7-/m1/s1. The third-order valence-electron chi connectivity index (χ3n) is 4.43. The van der Waals surface area contributed by atoms with Crippen LogP contribution in [0.15, 0.2) is 0 Å². The Bertz CT molecular complexity index is 640. The van der Waals surface area contributed by atoms with Gasteiger partial charge in [0.05, 0.1) is 0 Å². The van der Waals surface area contributed by atoms with Crippen LogP contribution in [-0.4, -0.2) is 58.2 Å². The molecule has 2 nitrogen and oxygen atoms in total. The molecule has 0 aromatic heterocycles. The van der Waals surface area contributed by atoms with Crippen molar-refractivity contribution in [1.29, 1.82) is 5.26 Å². The number of rotatable bonds is 7. The van der Waals surface area contributed by atoms with Gasteiger partial charge in [0.2, 0.25) is 0 Å². The summed E-state index contributed by atoms with van der Waals surface area (Å²) in [5.41, 5.74) is 0. The van der Waals surface area contributed by atoms with Crippen molar-refractivity contribution in [1.82, 2.24) is 4.90 Å². The molecule has 1 saturated heterocycles. The monoisotopic (exact) mass is 568 g/mol. The number of halogens is 14. The summed E-state index contributed by atoms with van der Waals surface area (Å²) in [6.45, 7) is -0.888. The van der Waals surface area contributed by atoms with E-state index in [9.17, 15) is 57.1 Å². The van der Waals surface area contributed by atoms with Crippen molar-refractivity contribution in [3.8, 4) is 6.19 Å².